The molecule has 7 heteroatoms. The lowest BCUT2D eigenvalue weighted by Crippen LogP contribution is -2.02. The number of benzene rings is 1. The summed E-state index contributed by atoms with van der Waals surface area (Å²) in [6, 6.07) is 7.71. The van der Waals surface area contributed by atoms with Crippen LogP contribution in [0.2, 0.25) is 5.02 Å². The molecule has 0 radical (unpaired) electrons. The lowest BCUT2D eigenvalue weighted by molar-refractivity contribution is 0.0562. The molecular formula is C14H12ClNO5. The van der Waals surface area contributed by atoms with E-state index in [0.717, 1.165) is 0 Å². The van der Waals surface area contributed by atoms with Gasteiger partial charge in [-0.2, -0.15) is 0 Å². The fourth-order valence-corrected chi connectivity index (χ4v) is 1.87. The summed E-state index contributed by atoms with van der Waals surface area (Å²) in [4.78, 5) is 22.2. The summed E-state index contributed by atoms with van der Waals surface area (Å²) in [6.07, 6.45) is 0. The van der Waals surface area contributed by atoms with Crippen molar-refractivity contribution in [1.82, 2.24) is 0 Å². The first-order valence-corrected chi connectivity index (χ1v) is 6.33. The minimum absolute atomic E-state index is 0.0105. The largest absolute Gasteiger partial charge is 0.478 e. The molecule has 2 aromatic rings. The molecule has 1 heterocycles. The normalized spacial score (nSPS) is 10.2. The van der Waals surface area contributed by atoms with Crippen molar-refractivity contribution < 1.29 is 23.8 Å². The van der Waals surface area contributed by atoms with E-state index in [1.165, 1.54) is 25.3 Å². The van der Waals surface area contributed by atoms with E-state index in [1.54, 1.807) is 12.1 Å². The highest BCUT2D eigenvalue weighted by Gasteiger charge is 2.12. The number of carboxylic acid groups (broad SMARTS) is 1. The molecule has 0 unspecified atom stereocenters. The summed E-state index contributed by atoms with van der Waals surface area (Å²) in [5, 5.41) is 12.1. The highest BCUT2D eigenvalue weighted by molar-refractivity contribution is 6.33. The molecule has 0 amide bonds. The van der Waals surface area contributed by atoms with Crippen molar-refractivity contribution in [1.29, 1.82) is 0 Å². The number of hydrogen-bond donors (Lipinski definition) is 2. The second kappa shape index (κ2) is 6.32. The van der Waals surface area contributed by atoms with Crippen LogP contribution in [0.25, 0.3) is 0 Å². The van der Waals surface area contributed by atoms with Gasteiger partial charge in [-0.15, -0.1) is 0 Å². The Morgan fingerprint density at radius 1 is 1.33 bits per heavy atom. The van der Waals surface area contributed by atoms with E-state index in [9.17, 15) is 9.59 Å². The summed E-state index contributed by atoms with van der Waals surface area (Å²) in [5.41, 5.74) is 0.587. The van der Waals surface area contributed by atoms with E-state index < -0.39 is 11.9 Å². The molecule has 0 saturated carbocycles. The van der Waals surface area contributed by atoms with Crippen LogP contribution in [0.1, 0.15) is 26.7 Å². The smallest absolute Gasteiger partial charge is 0.373 e. The van der Waals surface area contributed by atoms with E-state index >= 15 is 0 Å². The number of methoxy groups -OCH3 is 1. The van der Waals surface area contributed by atoms with Gasteiger partial charge in [-0.05, 0) is 30.3 Å². The molecule has 21 heavy (non-hydrogen) atoms. The molecule has 0 aliphatic carbocycles. The topological polar surface area (TPSA) is 88.8 Å². The minimum Gasteiger partial charge on any atom is -0.478 e. The maximum absolute atomic E-state index is 11.2. The second-order valence-corrected chi connectivity index (χ2v) is 4.52. The monoisotopic (exact) mass is 309 g/mol. The Bertz CT molecular complexity index is 680. The average molecular weight is 310 g/mol. The van der Waals surface area contributed by atoms with Gasteiger partial charge in [0.25, 0.3) is 0 Å². The Balaban J connectivity index is 2.06. The number of carbonyl (C=O) groups excluding carboxylic acids is 1. The zero-order valence-electron chi connectivity index (χ0n) is 11.1. The van der Waals surface area contributed by atoms with Crippen molar-refractivity contribution in [3.63, 3.8) is 0 Å². The fourth-order valence-electron chi connectivity index (χ4n) is 1.67. The molecule has 2 N–H and O–H groups in total. The van der Waals surface area contributed by atoms with E-state index in [1.807, 2.05) is 0 Å². The molecule has 6 nitrogen and oxygen atoms in total. The van der Waals surface area contributed by atoms with Crippen LogP contribution in [-0.2, 0) is 11.3 Å². The zero-order chi connectivity index (χ0) is 15.4. The molecule has 1 aromatic heterocycles. The first kappa shape index (κ1) is 14.9. The highest BCUT2D eigenvalue weighted by atomic mass is 35.5. The van der Waals surface area contributed by atoms with Crippen LogP contribution in [0.15, 0.2) is 34.7 Å². The number of carboxylic acids is 1. The summed E-state index contributed by atoms with van der Waals surface area (Å²) in [6.45, 7) is 0.289. The van der Waals surface area contributed by atoms with Gasteiger partial charge in [-0.1, -0.05) is 11.6 Å². The molecule has 0 bridgehead atoms. The van der Waals surface area contributed by atoms with Crippen molar-refractivity contribution in [2.45, 2.75) is 6.54 Å². The number of carbonyl (C=O) groups is 2. The summed E-state index contributed by atoms with van der Waals surface area (Å²) in [5.74, 6) is -1.03. The van der Waals surface area contributed by atoms with Gasteiger partial charge in [0.1, 0.15) is 5.76 Å². The predicted octanol–water partition coefficient (Wildman–Crippen LogP) is 3.03. The van der Waals surface area contributed by atoms with Gasteiger partial charge in [0.05, 0.1) is 24.2 Å². The third kappa shape index (κ3) is 3.55. The molecule has 110 valence electrons. The van der Waals surface area contributed by atoms with Crippen molar-refractivity contribution in [3.05, 3.63) is 52.4 Å². The number of esters is 1. The number of ether oxygens (including phenoxy) is 1. The van der Waals surface area contributed by atoms with Gasteiger partial charge < -0.3 is 19.6 Å². The second-order valence-electron chi connectivity index (χ2n) is 4.11. The first-order chi connectivity index (χ1) is 10.0. The Morgan fingerprint density at radius 3 is 2.76 bits per heavy atom. The fraction of sp³-hybridized carbons (Fsp3) is 0.143. The maximum Gasteiger partial charge on any atom is 0.373 e. The van der Waals surface area contributed by atoms with Crippen molar-refractivity contribution in [2.75, 3.05) is 12.4 Å². The number of rotatable bonds is 5. The summed E-state index contributed by atoms with van der Waals surface area (Å²) >= 11 is 5.78. The quantitative estimate of drug-likeness (QED) is 0.825. The van der Waals surface area contributed by atoms with Crippen LogP contribution in [0.4, 0.5) is 5.69 Å². The first-order valence-electron chi connectivity index (χ1n) is 5.95. The lowest BCUT2D eigenvalue weighted by Gasteiger charge is -2.06. The zero-order valence-corrected chi connectivity index (χ0v) is 11.8. The van der Waals surface area contributed by atoms with E-state index in [0.29, 0.717) is 11.4 Å². The van der Waals surface area contributed by atoms with Crippen LogP contribution in [-0.4, -0.2) is 24.2 Å². The van der Waals surface area contributed by atoms with E-state index in [2.05, 4.69) is 10.1 Å². The molecule has 0 aliphatic heterocycles. The van der Waals surface area contributed by atoms with Gasteiger partial charge in [0.2, 0.25) is 5.76 Å². The van der Waals surface area contributed by atoms with Gasteiger partial charge in [0.15, 0.2) is 0 Å². The molecule has 1 aromatic carbocycles. The maximum atomic E-state index is 11.2. The van der Waals surface area contributed by atoms with E-state index in [4.69, 9.17) is 21.1 Å². The number of aromatic carboxylic acids is 1. The molecule has 0 fully saturated rings. The molecule has 0 atom stereocenters. The van der Waals surface area contributed by atoms with Crippen LogP contribution in [0, 0.1) is 0 Å². The van der Waals surface area contributed by atoms with Crippen LogP contribution in [0.3, 0.4) is 0 Å². The van der Waals surface area contributed by atoms with Gasteiger partial charge in [0, 0.05) is 5.69 Å². The Labute approximate surface area is 125 Å². The van der Waals surface area contributed by atoms with Gasteiger partial charge in [-0.3, -0.25) is 0 Å². The average Bonchev–Trinajstić information content (AvgIpc) is 2.94. The van der Waals surface area contributed by atoms with Gasteiger partial charge in [-0.25, -0.2) is 9.59 Å². The van der Waals surface area contributed by atoms with Crippen molar-refractivity contribution in [3.8, 4) is 0 Å². The summed E-state index contributed by atoms with van der Waals surface area (Å²) in [7, 11) is 1.27. The highest BCUT2D eigenvalue weighted by Crippen LogP contribution is 2.21. The Hall–Kier alpha value is -2.47. The molecular weight excluding hydrogens is 298 g/mol. The minimum atomic E-state index is -1.10. The van der Waals surface area contributed by atoms with Crippen molar-refractivity contribution >= 4 is 29.2 Å². The van der Waals surface area contributed by atoms with Crippen LogP contribution < -0.4 is 5.32 Å². The molecule has 0 spiro atoms. The van der Waals surface area contributed by atoms with Gasteiger partial charge >= 0.3 is 11.9 Å². The third-order valence-corrected chi connectivity index (χ3v) is 3.04. The van der Waals surface area contributed by atoms with E-state index in [-0.39, 0.29) is 22.9 Å². The van der Waals surface area contributed by atoms with Crippen LogP contribution in [0.5, 0.6) is 0 Å². The number of anilines is 1. The predicted molar refractivity (Wildman–Crippen MR) is 75.8 cm³/mol. The number of nitrogens with one attached hydrogen (secondary N) is 1. The standard InChI is InChI=1S/C14H12ClNO5/c1-20-14(19)12-5-3-9(21-12)7-16-8-2-4-11(15)10(6-8)13(17)18/h2-6,16H,7H2,1H3,(H,17,18). The Morgan fingerprint density at radius 2 is 2.10 bits per heavy atom. The Kier molecular flexibility index (Phi) is 4.49. The SMILES string of the molecule is COC(=O)c1ccc(CNc2ccc(Cl)c(C(=O)O)c2)o1. The van der Waals surface area contributed by atoms with Crippen LogP contribution >= 0.6 is 11.6 Å². The summed E-state index contributed by atoms with van der Waals surface area (Å²) < 4.78 is 9.81. The number of hydrogen-bond acceptors (Lipinski definition) is 5. The lowest BCUT2D eigenvalue weighted by atomic mass is 10.2. The molecule has 0 saturated heterocycles. The van der Waals surface area contributed by atoms with Crippen molar-refractivity contribution in [2.24, 2.45) is 0 Å². The molecule has 0 aliphatic rings. The third-order valence-electron chi connectivity index (χ3n) is 2.71. The number of halogens is 1. The number of furan rings is 1. The molecule has 2 rings (SSSR count).